The number of benzene rings is 1. The Morgan fingerprint density at radius 1 is 1.21 bits per heavy atom. The minimum atomic E-state index is 0. The molecule has 1 saturated heterocycles. The Morgan fingerprint density at radius 3 is 2.66 bits per heavy atom. The fourth-order valence-electron chi connectivity index (χ4n) is 3.83. The van der Waals surface area contributed by atoms with Gasteiger partial charge in [-0.3, -0.25) is 0 Å². The molecule has 3 N–H and O–H groups in total. The van der Waals surface area contributed by atoms with Crippen molar-refractivity contribution in [2.45, 2.75) is 45.6 Å². The van der Waals surface area contributed by atoms with Gasteiger partial charge < -0.3 is 20.7 Å². The van der Waals surface area contributed by atoms with Crippen LogP contribution in [0.15, 0.2) is 30.3 Å². The number of nitrogen functional groups attached to an aromatic ring is 1. The Hall–Kier alpha value is -2.05. The highest BCUT2D eigenvalue weighted by Gasteiger charge is 2.15. The predicted molar refractivity (Wildman–Crippen MR) is 122 cm³/mol. The molecule has 0 radical (unpaired) electrons. The van der Waals surface area contributed by atoms with Crippen molar-refractivity contribution in [2.24, 2.45) is 5.92 Å². The average molecular weight is 420 g/mol. The number of methoxy groups -OCH3 is 1. The van der Waals surface area contributed by atoms with Gasteiger partial charge in [-0.2, -0.15) is 4.98 Å². The van der Waals surface area contributed by atoms with Crippen molar-refractivity contribution in [3.63, 3.8) is 0 Å². The number of aryl methyl sites for hydroxylation is 1. The lowest BCUT2D eigenvalue weighted by molar-refractivity contribution is 0.348. The van der Waals surface area contributed by atoms with Gasteiger partial charge >= 0.3 is 0 Å². The Labute approximate surface area is 180 Å². The summed E-state index contributed by atoms with van der Waals surface area (Å²) in [5, 5.41) is 3.51. The van der Waals surface area contributed by atoms with Gasteiger partial charge in [-0.15, -0.1) is 12.4 Å². The maximum atomic E-state index is 5.98. The number of nitrogens with one attached hydrogen (secondary N) is 1. The van der Waals surface area contributed by atoms with Gasteiger partial charge in [0.1, 0.15) is 11.6 Å². The van der Waals surface area contributed by atoms with Crippen molar-refractivity contribution in [3.05, 3.63) is 41.6 Å². The minimum Gasteiger partial charge on any atom is -0.497 e. The van der Waals surface area contributed by atoms with Gasteiger partial charge in [-0.05, 0) is 69.3 Å². The molecule has 2 heterocycles. The van der Waals surface area contributed by atoms with Crippen molar-refractivity contribution in [1.29, 1.82) is 0 Å². The van der Waals surface area contributed by atoms with Crippen molar-refractivity contribution in [2.75, 3.05) is 37.4 Å². The van der Waals surface area contributed by atoms with Gasteiger partial charge in [0.25, 0.3) is 0 Å². The molecular formula is C22H34ClN5O. The molecule has 3 rings (SSSR count). The van der Waals surface area contributed by atoms with Gasteiger partial charge in [0.2, 0.25) is 5.95 Å². The third-order valence-corrected chi connectivity index (χ3v) is 5.37. The second-order valence-corrected chi connectivity index (χ2v) is 7.71. The molecule has 6 nitrogen and oxygen atoms in total. The molecule has 0 amide bonds. The number of hydrogen-bond acceptors (Lipinski definition) is 6. The molecule has 7 heteroatoms. The van der Waals surface area contributed by atoms with Crippen molar-refractivity contribution < 1.29 is 4.74 Å². The minimum absolute atomic E-state index is 0. The summed E-state index contributed by atoms with van der Waals surface area (Å²) >= 11 is 0. The summed E-state index contributed by atoms with van der Waals surface area (Å²) in [6.45, 7) is 6.00. The molecule has 0 saturated carbocycles. The van der Waals surface area contributed by atoms with Crippen LogP contribution in [0, 0.1) is 12.8 Å². The van der Waals surface area contributed by atoms with Crippen LogP contribution in [0.4, 0.5) is 11.8 Å². The van der Waals surface area contributed by atoms with E-state index in [1.54, 1.807) is 7.11 Å². The zero-order valence-electron chi connectivity index (χ0n) is 17.6. The van der Waals surface area contributed by atoms with E-state index in [2.05, 4.69) is 32.3 Å². The fraction of sp³-hybridized carbons (Fsp3) is 0.545. The summed E-state index contributed by atoms with van der Waals surface area (Å²) in [6, 6.07) is 9.99. The fourth-order valence-corrected chi connectivity index (χ4v) is 3.83. The van der Waals surface area contributed by atoms with E-state index in [9.17, 15) is 0 Å². The SMILES string of the molecule is COc1ccc(CN(CCCCC2CCCNC2)c2nc(C)cc(N)n2)cc1.Cl. The molecular weight excluding hydrogens is 386 g/mol. The number of rotatable bonds is 9. The molecule has 0 aliphatic carbocycles. The first-order chi connectivity index (χ1) is 13.6. The number of nitrogens with zero attached hydrogens (tertiary/aromatic N) is 3. The molecule has 1 aliphatic rings. The third-order valence-electron chi connectivity index (χ3n) is 5.37. The standard InChI is InChI=1S/C22H33N5O.ClH/c1-17-14-21(23)26-22(25-17)27(16-19-8-10-20(28-2)11-9-19)13-4-3-6-18-7-5-12-24-15-18;/h8-11,14,18,24H,3-7,12-13,15-16H2,1-2H3,(H2,23,25,26);1H. The monoisotopic (exact) mass is 419 g/mol. The van der Waals surface area contributed by atoms with Gasteiger partial charge in [0.05, 0.1) is 7.11 Å². The number of ether oxygens (including phenoxy) is 1. The Kier molecular flexibility index (Phi) is 9.48. The maximum Gasteiger partial charge on any atom is 0.227 e. The normalized spacial score (nSPS) is 16.1. The average Bonchev–Trinajstić information content (AvgIpc) is 2.71. The highest BCUT2D eigenvalue weighted by molar-refractivity contribution is 5.85. The number of halogens is 1. The zero-order chi connectivity index (χ0) is 19.8. The molecule has 1 aromatic carbocycles. The highest BCUT2D eigenvalue weighted by atomic mass is 35.5. The number of aromatic nitrogens is 2. The first-order valence-electron chi connectivity index (χ1n) is 10.3. The number of unbranched alkanes of at least 4 members (excludes halogenated alkanes) is 1. The van der Waals surface area contributed by atoms with Crippen LogP contribution in [0.2, 0.25) is 0 Å². The molecule has 160 valence electrons. The van der Waals surface area contributed by atoms with E-state index >= 15 is 0 Å². The van der Waals surface area contributed by atoms with Crippen LogP contribution in [0.3, 0.4) is 0 Å². The van der Waals surface area contributed by atoms with E-state index in [1.807, 2.05) is 25.1 Å². The lowest BCUT2D eigenvalue weighted by atomic mass is 9.94. The first-order valence-corrected chi connectivity index (χ1v) is 10.3. The summed E-state index contributed by atoms with van der Waals surface area (Å²) in [5.74, 6) is 2.94. The summed E-state index contributed by atoms with van der Waals surface area (Å²) < 4.78 is 5.27. The summed E-state index contributed by atoms with van der Waals surface area (Å²) in [6.07, 6.45) is 6.32. The van der Waals surface area contributed by atoms with Gasteiger partial charge in [0.15, 0.2) is 0 Å². The topological polar surface area (TPSA) is 76.3 Å². The van der Waals surface area contributed by atoms with E-state index in [4.69, 9.17) is 10.5 Å². The molecule has 1 atom stereocenters. The first kappa shape index (κ1) is 23.2. The molecule has 1 fully saturated rings. The Bertz CT molecular complexity index is 714. The summed E-state index contributed by atoms with van der Waals surface area (Å²) in [5.41, 5.74) is 8.09. The number of hydrogen-bond donors (Lipinski definition) is 2. The van der Waals surface area contributed by atoms with Crippen LogP contribution in [-0.2, 0) is 6.54 Å². The van der Waals surface area contributed by atoms with Crippen molar-refractivity contribution in [3.8, 4) is 5.75 Å². The maximum absolute atomic E-state index is 5.98. The molecule has 1 unspecified atom stereocenters. The molecule has 1 aliphatic heterocycles. The second-order valence-electron chi connectivity index (χ2n) is 7.71. The predicted octanol–water partition coefficient (Wildman–Crippen LogP) is 3.97. The van der Waals surface area contributed by atoms with Crippen LogP contribution in [0.5, 0.6) is 5.75 Å². The van der Waals surface area contributed by atoms with Crippen LogP contribution in [0.1, 0.15) is 43.4 Å². The molecule has 2 aromatic rings. The lowest BCUT2D eigenvalue weighted by Crippen LogP contribution is -2.30. The summed E-state index contributed by atoms with van der Waals surface area (Å²) in [4.78, 5) is 11.4. The van der Waals surface area contributed by atoms with E-state index in [0.29, 0.717) is 11.8 Å². The summed E-state index contributed by atoms with van der Waals surface area (Å²) in [7, 11) is 1.69. The van der Waals surface area contributed by atoms with Gasteiger partial charge in [-0.1, -0.05) is 18.6 Å². The van der Waals surface area contributed by atoms with Crippen molar-refractivity contribution in [1.82, 2.24) is 15.3 Å². The Morgan fingerprint density at radius 2 is 2.00 bits per heavy atom. The third kappa shape index (κ3) is 7.37. The van der Waals surface area contributed by atoms with E-state index in [1.165, 1.54) is 44.3 Å². The van der Waals surface area contributed by atoms with Crippen LogP contribution < -0.4 is 20.7 Å². The lowest BCUT2D eigenvalue weighted by Gasteiger charge is -2.25. The van der Waals surface area contributed by atoms with Crippen LogP contribution in [0.25, 0.3) is 0 Å². The molecule has 29 heavy (non-hydrogen) atoms. The van der Waals surface area contributed by atoms with Crippen LogP contribution in [-0.4, -0.2) is 36.7 Å². The smallest absolute Gasteiger partial charge is 0.227 e. The zero-order valence-corrected chi connectivity index (χ0v) is 18.4. The van der Waals surface area contributed by atoms with E-state index in [-0.39, 0.29) is 12.4 Å². The van der Waals surface area contributed by atoms with Crippen LogP contribution >= 0.6 is 12.4 Å². The number of nitrogens with two attached hydrogens (primary N) is 1. The highest BCUT2D eigenvalue weighted by Crippen LogP contribution is 2.20. The van der Waals surface area contributed by atoms with Gasteiger partial charge in [0, 0.05) is 24.8 Å². The molecule has 0 spiro atoms. The number of piperidine rings is 1. The van der Waals surface area contributed by atoms with E-state index in [0.717, 1.165) is 36.9 Å². The quantitative estimate of drug-likeness (QED) is 0.599. The second kappa shape index (κ2) is 11.8. The largest absolute Gasteiger partial charge is 0.497 e. The molecule has 1 aromatic heterocycles. The number of anilines is 2. The van der Waals surface area contributed by atoms with Crippen molar-refractivity contribution >= 4 is 24.2 Å². The van der Waals surface area contributed by atoms with E-state index < -0.39 is 0 Å². The Balaban J connectivity index is 0.00000300. The van der Waals surface area contributed by atoms with Gasteiger partial charge in [-0.25, -0.2) is 4.98 Å². The molecule has 0 bridgehead atoms.